The Bertz CT molecular complexity index is 490. The number of phenolic OH excluding ortho intramolecular Hbond substituents is 1. The molecule has 3 heteroatoms. The lowest BCUT2D eigenvalue weighted by Gasteiger charge is -2.16. The molecule has 0 spiro atoms. The number of nitriles is 1. The molecule has 1 aromatic rings. The van der Waals surface area contributed by atoms with Crippen molar-refractivity contribution in [3.8, 4) is 11.8 Å². The molecule has 0 amide bonds. The summed E-state index contributed by atoms with van der Waals surface area (Å²) in [7, 11) is 0. The smallest absolute Gasteiger partial charge is 0.120 e. The van der Waals surface area contributed by atoms with Gasteiger partial charge < -0.3 is 10.4 Å². The molecule has 96 valence electrons. The highest BCUT2D eigenvalue weighted by molar-refractivity contribution is 5.50. The minimum atomic E-state index is -0.00342. The van der Waals surface area contributed by atoms with E-state index in [9.17, 15) is 5.11 Å². The van der Waals surface area contributed by atoms with Crippen LogP contribution in [0.25, 0.3) is 0 Å². The molecule has 1 aliphatic carbocycles. The van der Waals surface area contributed by atoms with Crippen LogP contribution in [0, 0.1) is 24.2 Å². The molecule has 2 rings (SSSR count). The van der Waals surface area contributed by atoms with Crippen LogP contribution in [0.4, 0.5) is 0 Å². The van der Waals surface area contributed by atoms with Gasteiger partial charge in [-0.3, -0.25) is 0 Å². The molecule has 2 N–H and O–H groups in total. The normalized spacial score (nSPS) is 23.4. The lowest BCUT2D eigenvalue weighted by Crippen LogP contribution is -2.24. The largest absolute Gasteiger partial charge is 0.508 e. The lowest BCUT2D eigenvalue weighted by molar-refractivity contribution is 0.438. The van der Waals surface area contributed by atoms with Gasteiger partial charge in [0.25, 0.3) is 0 Å². The lowest BCUT2D eigenvalue weighted by atomic mass is 9.97. The molecule has 0 saturated heterocycles. The van der Waals surface area contributed by atoms with E-state index >= 15 is 0 Å². The topological polar surface area (TPSA) is 56.0 Å². The van der Waals surface area contributed by atoms with Gasteiger partial charge in [-0.1, -0.05) is 13.0 Å². The summed E-state index contributed by atoms with van der Waals surface area (Å²) in [5, 5.41) is 22.3. The third kappa shape index (κ3) is 2.21. The monoisotopic (exact) mass is 244 g/mol. The van der Waals surface area contributed by atoms with Crippen molar-refractivity contribution in [2.24, 2.45) is 5.92 Å². The molecule has 3 nitrogen and oxygen atoms in total. The Hall–Kier alpha value is -1.53. The Balaban J connectivity index is 2.25. The molecule has 0 radical (unpaired) electrons. The number of phenols is 1. The molecule has 3 atom stereocenters. The van der Waals surface area contributed by atoms with Gasteiger partial charge in [0.15, 0.2) is 0 Å². The summed E-state index contributed by atoms with van der Waals surface area (Å²) in [4.78, 5) is 0. The van der Waals surface area contributed by atoms with Crippen LogP contribution in [0.2, 0.25) is 0 Å². The maximum Gasteiger partial charge on any atom is 0.120 e. The fourth-order valence-corrected chi connectivity index (χ4v) is 2.89. The van der Waals surface area contributed by atoms with Crippen LogP contribution in [-0.4, -0.2) is 11.7 Å². The number of hydrogen-bond acceptors (Lipinski definition) is 3. The van der Waals surface area contributed by atoms with Crippen LogP contribution >= 0.6 is 0 Å². The average molecular weight is 244 g/mol. The molecule has 18 heavy (non-hydrogen) atoms. The van der Waals surface area contributed by atoms with Crippen molar-refractivity contribution in [2.45, 2.75) is 39.2 Å². The molecule has 1 aliphatic rings. The Kier molecular flexibility index (Phi) is 3.58. The summed E-state index contributed by atoms with van der Waals surface area (Å²) in [6.07, 6.45) is 0.992. The Morgan fingerprint density at radius 2 is 2.22 bits per heavy atom. The van der Waals surface area contributed by atoms with Gasteiger partial charge in [-0.25, -0.2) is 0 Å². The van der Waals surface area contributed by atoms with E-state index in [0.29, 0.717) is 18.2 Å². The van der Waals surface area contributed by atoms with Crippen molar-refractivity contribution in [2.75, 3.05) is 6.54 Å². The molecule has 0 bridgehead atoms. The molecule has 1 aromatic carbocycles. The first kappa shape index (κ1) is 12.9. The van der Waals surface area contributed by atoms with Gasteiger partial charge in [0.05, 0.1) is 12.0 Å². The maximum atomic E-state index is 10.1. The van der Waals surface area contributed by atoms with Crippen LogP contribution < -0.4 is 5.32 Å². The second-order valence-corrected chi connectivity index (χ2v) is 5.36. The van der Waals surface area contributed by atoms with Gasteiger partial charge >= 0.3 is 0 Å². The number of fused-ring (bicyclic) bond motifs is 1. The van der Waals surface area contributed by atoms with Crippen molar-refractivity contribution in [3.63, 3.8) is 0 Å². The third-order valence-corrected chi connectivity index (χ3v) is 3.80. The first-order valence-electron chi connectivity index (χ1n) is 6.50. The standard InChI is InChI=1S/C15H20N2O/c1-9(7-16)8-17-12-6-11(3)14-10(2)4-5-13(18)15(12)14/h4-5,9,11-12,17-18H,6,8H2,1-3H3. The predicted molar refractivity (Wildman–Crippen MR) is 71.4 cm³/mol. The number of nitrogens with one attached hydrogen (secondary N) is 1. The number of rotatable bonds is 3. The number of aryl methyl sites for hydroxylation is 1. The molecular weight excluding hydrogens is 224 g/mol. The highest BCUT2D eigenvalue weighted by Gasteiger charge is 2.31. The highest BCUT2D eigenvalue weighted by atomic mass is 16.3. The number of aromatic hydroxyl groups is 1. The van der Waals surface area contributed by atoms with Crippen LogP contribution in [0.15, 0.2) is 12.1 Å². The minimum Gasteiger partial charge on any atom is -0.508 e. The highest BCUT2D eigenvalue weighted by Crippen LogP contribution is 2.45. The van der Waals surface area contributed by atoms with Crippen molar-refractivity contribution in [1.82, 2.24) is 5.32 Å². The number of hydrogen-bond donors (Lipinski definition) is 2. The van der Waals surface area contributed by atoms with Crippen molar-refractivity contribution in [1.29, 1.82) is 5.26 Å². The molecule has 0 fully saturated rings. The summed E-state index contributed by atoms with van der Waals surface area (Å²) in [5.41, 5.74) is 3.55. The second kappa shape index (κ2) is 4.99. The molecule has 0 heterocycles. The molecule has 0 aliphatic heterocycles. The molecular formula is C15H20N2O. The van der Waals surface area contributed by atoms with Crippen LogP contribution in [0.3, 0.4) is 0 Å². The van der Waals surface area contributed by atoms with Crippen LogP contribution in [0.1, 0.15) is 48.9 Å². The number of benzene rings is 1. The van der Waals surface area contributed by atoms with Crippen LogP contribution in [-0.2, 0) is 0 Å². The van der Waals surface area contributed by atoms with Gasteiger partial charge in [-0.05, 0) is 43.4 Å². The first-order valence-corrected chi connectivity index (χ1v) is 6.50. The Morgan fingerprint density at radius 3 is 2.89 bits per heavy atom. The average Bonchev–Trinajstić information content (AvgIpc) is 2.69. The van der Waals surface area contributed by atoms with E-state index in [0.717, 1.165) is 12.0 Å². The third-order valence-electron chi connectivity index (χ3n) is 3.80. The van der Waals surface area contributed by atoms with Crippen molar-refractivity contribution < 1.29 is 5.11 Å². The Labute approximate surface area is 108 Å². The van der Waals surface area contributed by atoms with E-state index in [-0.39, 0.29) is 12.0 Å². The van der Waals surface area contributed by atoms with E-state index < -0.39 is 0 Å². The number of nitrogens with zero attached hydrogens (tertiary/aromatic N) is 1. The van der Waals surface area contributed by atoms with E-state index in [4.69, 9.17) is 5.26 Å². The fourth-order valence-electron chi connectivity index (χ4n) is 2.89. The van der Waals surface area contributed by atoms with E-state index in [1.54, 1.807) is 6.07 Å². The Morgan fingerprint density at radius 1 is 1.50 bits per heavy atom. The molecule has 0 aromatic heterocycles. The second-order valence-electron chi connectivity index (χ2n) is 5.36. The molecule has 3 unspecified atom stereocenters. The zero-order valence-corrected chi connectivity index (χ0v) is 11.2. The maximum absolute atomic E-state index is 10.1. The quantitative estimate of drug-likeness (QED) is 0.859. The predicted octanol–water partition coefficient (Wildman–Crippen LogP) is 3.00. The SMILES string of the molecule is Cc1ccc(O)c2c1C(C)CC2NCC(C)C#N. The summed E-state index contributed by atoms with van der Waals surface area (Å²) < 4.78 is 0. The summed E-state index contributed by atoms with van der Waals surface area (Å²) in [6, 6.07) is 6.15. The minimum absolute atomic E-state index is 0.00342. The van der Waals surface area contributed by atoms with Gasteiger partial charge in [0, 0.05) is 18.2 Å². The van der Waals surface area contributed by atoms with Crippen LogP contribution in [0.5, 0.6) is 5.75 Å². The van der Waals surface area contributed by atoms with Gasteiger partial charge in [0.2, 0.25) is 0 Å². The van der Waals surface area contributed by atoms with E-state index in [2.05, 4.69) is 25.2 Å². The summed E-state index contributed by atoms with van der Waals surface area (Å²) in [5.74, 6) is 0.834. The van der Waals surface area contributed by atoms with Crippen molar-refractivity contribution >= 4 is 0 Å². The fraction of sp³-hybridized carbons (Fsp3) is 0.533. The van der Waals surface area contributed by atoms with Gasteiger partial charge in [0.1, 0.15) is 5.75 Å². The molecule has 0 saturated carbocycles. The summed E-state index contributed by atoms with van der Waals surface area (Å²) >= 11 is 0. The van der Waals surface area contributed by atoms with E-state index in [1.807, 2.05) is 13.0 Å². The first-order chi connectivity index (χ1) is 8.54. The van der Waals surface area contributed by atoms with Gasteiger partial charge in [-0.2, -0.15) is 5.26 Å². The van der Waals surface area contributed by atoms with Gasteiger partial charge in [-0.15, -0.1) is 0 Å². The van der Waals surface area contributed by atoms with E-state index in [1.165, 1.54) is 11.1 Å². The zero-order valence-electron chi connectivity index (χ0n) is 11.2. The zero-order chi connectivity index (χ0) is 13.3. The summed E-state index contributed by atoms with van der Waals surface area (Å²) in [6.45, 7) is 6.86. The van der Waals surface area contributed by atoms with Crippen molar-refractivity contribution in [3.05, 3.63) is 28.8 Å².